The van der Waals surface area contributed by atoms with Crippen molar-refractivity contribution in [1.82, 2.24) is 5.32 Å². The topological polar surface area (TPSA) is 81.7 Å². The van der Waals surface area contributed by atoms with Gasteiger partial charge in [-0.15, -0.1) is 0 Å². The van der Waals surface area contributed by atoms with E-state index in [4.69, 9.17) is 13.6 Å². The SMILES string of the molecule is Cc1ccc(-c2oc3ccccc3c(=O)c2OC(C)C(=O)NCc2ccco2)cc1. The van der Waals surface area contributed by atoms with Crippen LogP contribution < -0.4 is 15.5 Å². The van der Waals surface area contributed by atoms with Crippen molar-refractivity contribution < 1.29 is 18.4 Å². The summed E-state index contributed by atoms with van der Waals surface area (Å²) in [5.74, 6) is 0.567. The molecule has 152 valence electrons. The molecule has 6 heteroatoms. The second-order valence-electron chi connectivity index (χ2n) is 7.01. The van der Waals surface area contributed by atoms with Gasteiger partial charge < -0.3 is 18.9 Å². The van der Waals surface area contributed by atoms with E-state index in [0.717, 1.165) is 5.56 Å². The van der Waals surface area contributed by atoms with Gasteiger partial charge in [0.05, 0.1) is 18.2 Å². The van der Waals surface area contributed by atoms with Crippen molar-refractivity contribution in [2.24, 2.45) is 0 Å². The molecule has 0 spiro atoms. The molecule has 0 saturated heterocycles. The zero-order chi connectivity index (χ0) is 21.1. The van der Waals surface area contributed by atoms with Crippen LogP contribution in [0.3, 0.4) is 0 Å². The third kappa shape index (κ3) is 3.98. The molecule has 0 radical (unpaired) electrons. The van der Waals surface area contributed by atoms with E-state index in [2.05, 4.69) is 5.32 Å². The van der Waals surface area contributed by atoms with Crippen LogP contribution in [-0.4, -0.2) is 12.0 Å². The molecule has 1 atom stereocenters. The summed E-state index contributed by atoms with van der Waals surface area (Å²) < 4.78 is 17.1. The van der Waals surface area contributed by atoms with Gasteiger partial charge in [-0.05, 0) is 38.1 Å². The number of para-hydroxylation sites is 1. The fourth-order valence-corrected chi connectivity index (χ4v) is 3.09. The number of amides is 1. The van der Waals surface area contributed by atoms with Crippen molar-refractivity contribution >= 4 is 16.9 Å². The summed E-state index contributed by atoms with van der Waals surface area (Å²) in [6, 6.07) is 18.0. The predicted molar refractivity (Wildman–Crippen MR) is 113 cm³/mol. The molecular formula is C24H21NO5. The number of furan rings is 1. The molecule has 0 aliphatic rings. The highest BCUT2D eigenvalue weighted by atomic mass is 16.5. The molecular weight excluding hydrogens is 382 g/mol. The summed E-state index contributed by atoms with van der Waals surface area (Å²) in [5.41, 5.74) is 1.91. The van der Waals surface area contributed by atoms with Crippen LogP contribution in [0.5, 0.6) is 5.75 Å². The Labute approximate surface area is 173 Å². The van der Waals surface area contributed by atoms with Gasteiger partial charge in [-0.2, -0.15) is 0 Å². The number of hydrogen-bond donors (Lipinski definition) is 1. The van der Waals surface area contributed by atoms with Crippen molar-refractivity contribution in [3.05, 3.63) is 88.5 Å². The van der Waals surface area contributed by atoms with Gasteiger partial charge in [0.25, 0.3) is 5.91 Å². The molecule has 4 aromatic rings. The third-order valence-electron chi connectivity index (χ3n) is 4.75. The maximum absolute atomic E-state index is 13.2. The first-order valence-electron chi connectivity index (χ1n) is 9.62. The Kier molecular flexibility index (Phi) is 5.39. The second kappa shape index (κ2) is 8.29. The van der Waals surface area contributed by atoms with E-state index in [1.54, 1.807) is 43.3 Å². The quantitative estimate of drug-likeness (QED) is 0.515. The maximum Gasteiger partial charge on any atom is 0.261 e. The van der Waals surface area contributed by atoms with Gasteiger partial charge in [-0.1, -0.05) is 42.0 Å². The van der Waals surface area contributed by atoms with Crippen LogP contribution in [0, 0.1) is 6.92 Å². The van der Waals surface area contributed by atoms with Crippen LogP contribution in [0.1, 0.15) is 18.2 Å². The average Bonchev–Trinajstić information content (AvgIpc) is 3.28. The van der Waals surface area contributed by atoms with Crippen LogP contribution in [0.25, 0.3) is 22.3 Å². The first kappa shape index (κ1) is 19.5. The molecule has 0 aliphatic carbocycles. The van der Waals surface area contributed by atoms with E-state index in [0.29, 0.717) is 28.1 Å². The summed E-state index contributed by atoms with van der Waals surface area (Å²) >= 11 is 0. The third-order valence-corrected chi connectivity index (χ3v) is 4.75. The Morgan fingerprint density at radius 1 is 1.07 bits per heavy atom. The fraction of sp³-hybridized carbons (Fsp3) is 0.167. The highest BCUT2D eigenvalue weighted by Crippen LogP contribution is 2.31. The summed E-state index contributed by atoms with van der Waals surface area (Å²) in [6.45, 7) is 3.80. The van der Waals surface area contributed by atoms with Gasteiger partial charge in [0.2, 0.25) is 11.2 Å². The maximum atomic E-state index is 13.2. The molecule has 0 saturated carbocycles. The number of hydrogen-bond acceptors (Lipinski definition) is 5. The van der Waals surface area contributed by atoms with E-state index in [1.165, 1.54) is 6.26 Å². The number of nitrogens with one attached hydrogen (secondary N) is 1. The first-order valence-corrected chi connectivity index (χ1v) is 9.62. The number of benzene rings is 2. The molecule has 2 aromatic carbocycles. The summed E-state index contributed by atoms with van der Waals surface area (Å²) in [4.78, 5) is 25.7. The molecule has 6 nitrogen and oxygen atoms in total. The van der Waals surface area contributed by atoms with Gasteiger partial charge in [0.1, 0.15) is 11.3 Å². The van der Waals surface area contributed by atoms with Crippen LogP contribution in [0.15, 0.2) is 80.6 Å². The highest BCUT2D eigenvalue weighted by molar-refractivity contribution is 5.83. The molecule has 0 bridgehead atoms. The van der Waals surface area contributed by atoms with E-state index in [-0.39, 0.29) is 23.6 Å². The van der Waals surface area contributed by atoms with E-state index < -0.39 is 6.10 Å². The van der Waals surface area contributed by atoms with Crippen molar-refractivity contribution in [1.29, 1.82) is 0 Å². The lowest BCUT2D eigenvalue weighted by Crippen LogP contribution is -2.36. The Hall–Kier alpha value is -3.80. The van der Waals surface area contributed by atoms with Gasteiger partial charge in [0, 0.05) is 5.56 Å². The molecule has 0 fully saturated rings. The molecule has 2 aromatic heterocycles. The Balaban J connectivity index is 1.68. The van der Waals surface area contributed by atoms with Crippen molar-refractivity contribution in [2.45, 2.75) is 26.5 Å². The first-order chi connectivity index (χ1) is 14.5. The number of rotatable bonds is 6. The van der Waals surface area contributed by atoms with Crippen LogP contribution >= 0.6 is 0 Å². The molecule has 30 heavy (non-hydrogen) atoms. The molecule has 2 heterocycles. The lowest BCUT2D eigenvalue weighted by atomic mass is 10.1. The highest BCUT2D eigenvalue weighted by Gasteiger charge is 2.23. The zero-order valence-electron chi connectivity index (χ0n) is 16.7. The number of aryl methyl sites for hydroxylation is 1. The lowest BCUT2D eigenvalue weighted by Gasteiger charge is -2.16. The van der Waals surface area contributed by atoms with Crippen LogP contribution in [-0.2, 0) is 11.3 Å². The normalized spacial score (nSPS) is 11.9. The Bertz CT molecular complexity index is 1220. The van der Waals surface area contributed by atoms with Gasteiger partial charge in [-0.25, -0.2) is 0 Å². The van der Waals surface area contributed by atoms with Crippen molar-refractivity contribution in [3.63, 3.8) is 0 Å². The fourth-order valence-electron chi connectivity index (χ4n) is 3.09. The van der Waals surface area contributed by atoms with E-state index in [9.17, 15) is 9.59 Å². The number of fused-ring (bicyclic) bond motifs is 1. The second-order valence-corrected chi connectivity index (χ2v) is 7.01. The summed E-state index contributed by atoms with van der Waals surface area (Å²) in [6.07, 6.45) is 0.628. The molecule has 4 rings (SSSR count). The van der Waals surface area contributed by atoms with Crippen LogP contribution in [0.2, 0.25) is 0 Å². The van der Waals surface area contributed by atoms with Crippen LogP contribution in [0.4, 0.5) is 0 Å². The number of ether oxygens (including phenoxy) is 1. The molecule has 1 unspecified atom stereocenters. The minimum atomic E-state index is -0.909. The summed E-state index contributed by atoms with van der Waals surface area (Å²) in [7, 11) is 0. The van der Waals surface area contributed by atoms with Crippen molar-refractivity contribution in [3.8, 4) is 17.1 Å². The van der Waals surface area contributed by atoms with E-state index in [1.807, 2.05) is 31.2 Å². The minimum absolute atomic E-state index is 0.0122. The Morgan fingerprint density at radius 3 is 2.57 bits per heavy atom. The Morgan fingerprint density at radius 2 is 1.83 bits per heavy atom. The molecule has 1 N–H and O–H groups in total. The number of carbonyl (C=O) groups is 1. The number of carbonyl (C=O) groups excluding carboxylic acids is 1. The molecule has 0 aliphatic heterocycles. The van der Waals surface area contributed by atoms with Gasteiger partial charge in [-0.3, -0.25) is 9.59 Å². The smallest absolute Gasteiger partial charge is 0.261 e. The predicted octanol–water partition coefficient (Wildman–Crippen LogP) is 4.45. The summed E-state index contributed by atoms with van der Waals surface area (Å²) in [5, 5.41) is 3.13. The zero-order valence-corrected chi connectivity index (χ0v) is 16.7. The van der Waals surface area contributed by atoms with Crippen molar-refractivity contribution in [2.75, 3.05) is 0 Å². The van der Waals surface area contributed by atoms with Gasteiger partial charge in [0.15, 0.2) is 11.9 Å². The van der Waals surface area contributed by atoms with E-state index >= 15 is 0 Å². The van der Waals surface area contributed by atoms with Gasteiger partial charge >= 0.3 is 0 Å². The lowest BCUT2D eigenvalue weighted by molar-refractivity contribution is -0.127. The monoisotopic (exact) mass is 403 g/mol. The average molecular weight is 403 g/mol. The molecule has 1 amide bonds. The minimum Gasteiger partial charge on any atom is -0.473 e. The standard InChI is InChI=1S/C24H21NO5/c1-15-9-11-17(12-10-15)22-23(21(26)19-7-3-4-8-20(19)30-22)29-16(2)24(27)25-14-18-6-5-13-28-18/h3-13,16H,14H2,1-2H3,(H,25,27). The largest absolute Gasteiger partial charge is 0.473 e.